The van der Waals surface area contributed by atoms with Crippen LogP contribution in [0, 0.1) is 0 Å². The van der Waals surface area contributed by atoms with Crippen molar-refractivity contribution in [2.75, 3.05) is 6.61 Å². The summed E-state index contributed by atoms with van der Waals surface area (Å²) in [7, 11) is 0. The van der Waals surface area contributed by atoms with Crippen LogP contribution >= 0.6 is 71.9 Å². The van der Waals surface area contributed by atoms with Gasteiger partial charge in [0.1, 0.15) is 0 Å². The van der Waals surface area contributed by atoms with E-state index in [0.29, 0.717) is 6.61 Å². The first kappa shape index (κ1) is 22.9. The van der Waals surface area contributed by atoms with E-state index in [-0.39, 0.29) is 71.9 Å². The Hall–Kier alpha value is 2.15. The third-order valence-electron chi connectivity index (χ3n) is 0.224. The normalized spacial score (nSPS) is 4.29. The Morgan fingerprint density at radius 1 is 1.14 bits per heavy atom. The number of aliphatic hydroxyl groups is 1. The van der Waals surface area contributed by atoms with Gasteiger partial charge in [-0.3, -0.25) is 0 Å². The topological polar surface area (TPSA) is 20.2 Å². The van der Waals surface area contributed by atoms with Gasteiger partial charge >= 0.3 is 0 Å². The number of hydrogen-bond donors (Lipinski definition) is 1. The van der Waals surface area contributed by atoms with Crippen LogP contribution in [0.15, 0.2) is 0 Å². The molecule has 0 fully saturated rings. The predicted molar refractivity (Wildman–Crippen MR) is 63.6 cm³/mol. The van der Waals surface area contributed by atoms with Crippen molar-refractivity contribution in [2.45, 2.75) is 13.3 Å². The summed E-state index contributed by atoms with van der Waals surface area (Å²) in [5, 5.41) is 7.88. The average Bonchev–Trinajstić information content (AvgIpc) is 1.37. The number of halogens is 3. The Morgan fingerprint density at radius 3 is 1.29 bits per heavy atom. The van der Waals surface area contributed by atoms with Gasteiger partial charge in [-0.05, 0) is 6.42 Å². The van der Waals surface area contributed by atoms with Crippen molar-refractivity contribution in [1.29, 1.82) is 0 Å². The van der Waals surface area contributed by atoms with Crippen molar-refractivity contribution in [3.63, 3.8) is 0 Å². The van der Waals surface area contributed by atoms with Crippen LogP contribution in [0.25, 0.3) is 0 Å². The molecule has 0 spiro atoms. The van der Waals surface area contributed by atoms with E-state index in [9.17, 15) is 0 Å². The molecule has 0 aromatic heterocycles. The maximum atomic E-state index is 7.88. The lowest BCUT2D eigenvalue weighted by Crippen LogP contribution is -1.69. The highest BCUT2D eigenvalue weighted by molar-refractivity contribution is 14.0. The fourth-order valence-corrected chi connectivity index (χ4v) is 0. The van der Waals surface area contributed by atoms with Crippen molar-refractivity contribution in [2.24, 2.45) is 0 Å². The van der Waals surface area contributed by atoms with E-state index < -0.39 is 0 Å². The van der Waals surface area contributed by atoms with Gasteiger partial charge in [-0.2, -0.15) is 0 Å². The number of rotatable bonds is 1. The third-order valence-corrected chi connectivity index (χ3v) is 0.224. The summed E-state index contributed by atoms with van der Waals surface area (Å²) in [4.78, 5) is 0. The third kappa shape index (κ3) is 31.1. The Balaban J connectivity index is -0.0000000150. The van der Waals surface area contributed by atoms with Crippen molar-refractivity contribution in [1.82, 2.24) is 0 Å². The number of aliphatic hydroxyl groups excluding tert-OH is 1. The maximum absolute atomic E-state index is 7.88. The van der Waals surface area contributed by atoms with E-state index in [1.54, 1.807) is 0 Å². The molecule has 0 aliphatic carbocycles. The largest absolute Gasteiger partial charge is 0.396 e. The second-order valence-corrected chi connectivity index (χ2v) is 0.724. The first-order valence-electron chi connectivity index (χ1n) is 1.52. The van der Waals surface area contributed by atoms with E-state index in [1.165, 1.54) is 0 Å². The molecule has 0 saturated heterocycles. The van der Waals surface area contributed by atoms with Gasteiger partial charge in [0.25, 0.3) is 0 Å². The van der Waals surface area contributed by atoms with E-state index in [1.807, 2.05) is 6.92 Å². The lowest BCUT2D eigenvalue weighted by Gasteiger charge is -1.69. The molecule has 0 aromatic carbocycles. The summed E-state index contributed by atoms with van der Waals surface area (Å²) in [5.41, 5.74) is 0. The molecule has 50 valence electrons. The lowest BCUT2D eigenvalue weighted by molar-refractivity contribution is 0.295. The summed E-state index contributed by atoms with van der Waals surface area (Å²) in [6, 6.07) is 0. The van der Waals surface area contributed by atoms with Gasteiger partial charge in [0, 0.05) is 6.61 Å². The van der Waals surface area contributed by atoms with Crippen LogP contribution in [0.5, 0.6) is 0 Å². The van der Waals surface area contributed by atoms with Crippen molar-refractivity contribution < 1.29 is 5.11 Å². The maximum Gasteiger partial charge on any atom is 0.0428 e. The second kappa shape index (κ2) is 24.2. The van der Waals surface area contributed by atoms with Gasteiger partial charge < -0.3 is 5.11 Å². The van der Waals surface area contributed by atoms with Crippen molar-refractivity contribution in [3.8, 4) is 0 Å². The van der Waals surface area contributed by atoms with Gasteiger partial charge in [0.2, 0.25) is 0 Å². The fraction of sp³-hybridized carbons (Fsp3) is 1.00. The van der Waals surface area contributed by atoms with Gasteiger partial charge in [-0.1, -0.05) is 6.92 Å². The monoisotopic (exact) mass is 444 g/mol. The van der Waals surface area contributed by atoms with Crippen LogP contribution in [0.1, 0.15) is 13.3 Å². The summed E-state index contributed by atoms with van der Waals surface area (Å²) >= 11 is 0. The highest BCUT2D eigenvalue weighted by Crippen LogP contribution is 1.61. The Bertz CT molecular complexity index is 12.1. The molecule has 0 aliphatic rings. The Kier molecular flexibility index (Phi) is 79.2. The van der Waals surface area contributed by atoms with Gasteiger partial charge in [-0.25, -0.2) is 0 Å². The minimum Gasteiger partial charge on any atom is -0.396 e. The van der Waals surface area contributed by atoms with Crippen LogP contribution in [0.2, 0.25) is 0 Å². The van der Waals surface area contributed by atoms with Crippen LogP contribution < -0.4 is 0 Å². The molecule has 0 bridgehead atoms. The molecule has 0 unspecified atom stereocenters. The number of hydrogen-bond acceptors (Lipinski definition) is 1. The van der Waals surface area contributed by atoms with Crippen molar-refractivity contribution in [3.05, 3.63) is 0 Å². The second-order valence-electron chi connectivity index (χ2n) is 0.724. The van der Waals surface area contributed by atoms with Crippen LogP contribution in [-0.2, 0) is 0 Å². The zero-order chi connectivity index (χ0) is 3.41. The Morgan fingerprint density at radius 2 is 1.29 bits per heavy atom. The molecule has 0 rings (SSSR count). The molecule has 0 aromatic rings. The highest BCUT2D eigenvalue weighted by atomic mass is 127. The lowest BCUT2D eigenvalue weighted by atomic mass is 10.5. The SMILES string of the molecule is CCCO.I.I.I. The Labute approximate surface area is 95.7 Å². The van der Waals surface area contributed by atoms with Gasteiger partial charge in [0.15, 0.2) is 0 Å². The zero-order valence-corrected chi connectivity index (χ0v) is 11.1. The molecule has 0 radical (unpaired) electrons. The molecular weight excluding hydrogens is 433 g/mol. The zero-order valence-electron chi connectivity index (χ0n) is 4.09. The van der Waals surface area contributed by atoms with Gasteiger partial charge in [-0.15, -0.1) is 71.9 Å². The molecule has 0 aliphatic heterocycles. The van der Waals surface area contributed by atoms with E-state index in [0.717, 1.165) is 6.42 Å². The molecule has 0 heterocycles. The molecule has 0 atom stereocenters. The first-order valence-corrected chi connectivity index (χ1v) is 1.52. The molecular formula is C3H11I3O. The van der Waals surface area contributed by atoms with E-state index in [4.69, 9.17) is 5.11 Å². The summed E-state index contributed by atoms with van der Waals surface area (Å²) in [6.07, 6.45) is 0.875. The quantitative estimate of drug-likeness (QED) is 0.616. The minimum absolute atomic E-state index is 0. The smallest absolute Gasteiger partial charge is 0.0428 e. The van der Waals surface area contributed by atoms with Crippen LogP contribution in [-0.4, -0.2) is 11.7 Å². The fourth-order valence-electron chi connectivity index (χ4n) is 0. The minimum atomic E-state index is 0. The molecule has 0 saturated carbocycles. The van der Waals surface area contributed by atoms with Gasteiger partial charge in [0.05, 0.1) is 0 Å². The summed E-state index contributed by atoms with van der Waals surface area (Å²) < 4.78 is 0. The van der Waals surface area contributed by atoms with Crippen LogP contribution in [0.4, 0.5) is 0 Å². The molecule has 1 nitrogen and oxygen atoms in total. The van der Waals surface area contributed by atoms with Crippen molar-refractivity contribution >= 4 is 71.9 Å². The molecule has 1 N–H and O–H groups in total. The van der Waals surface area contributed by atoms with Crippen LogP contribution in [0.3, 0.4) is 0 Å². The summed E-state index contributed by atoms with van der Waals surface area (Å²) in [5.74, 6) is 0. The van der Waals surface area contributed by atoms with E-state index in [2.05, 4.69) is 0 Å². The van der Waals surface area contributed by atoms with E-state index >= 15 is 0 Å². The highest BCUT2D eigenvalue weighted by Gasteiger charge is 1.57. The predicted octanol–water partition coefficient (Wildman–Crippen LogP) is 2.24. The molecule has 4 heteroatoms. The molecule has 0 amide bonds. The molecule has 7 heavy (non-hydrogen) atoms. The standard InChI is InChI=1S/C3H8O.3HI/c1-2-3-4;;;/h4H,2-3H2,1H3;3*1H. The first-order chi connectivity index (χ1) is 1.91. The summed E-state index contributed by atoms with van der Waals surface area (Å²) in [6.45, 7) is 2.25. The average molecular weight is 444 g/mol.